The SMILES string of the molecule is CCN(CCCCCCCNCCC(O)COCCC[Si](C)(C)O[Si](C)(C)CCCOCC(C)O)CC(=O)OCCOCCOC(=O)CN(CC)CCCCCCCNCCC(O)COCCC[Si](C)(C)O[Si](C)(C)CCCOCC(C)O. The molecule has 0 aliphatic carbocycles. The Kier molecular flexibility index (Phi) is 51.5. The van der Waals surface area contributed by atoms with Gasteiger partial charge in [0.2, 0.25) is 0 Å². The van der Waals surface area contributed by atoms with Crippen molar-refractivity contribution in [1.82, 2.24) is 20.4 Å². The molecule has 0 heterocycles. The number of carbonyl (C=O) groups is 2. The van der Waals surface area contributed by atoms with Gasteiger partial charge in [-0.15, -0.1) is 0 Å². The number of aliphatic hydroxyl groups excluding tert-OH is 4. The third kappa shape index (κ3) is 56.2. The molecular weight excluding hydrogens is 1130 g/mol. The molecule has 0 spiro atoms. The highest BCUT2D eigenvalue weighted by atomic mass is 28.4. The summed E-state index contributed by atoms with van der Waals surface area (Å²) in [5.41, 5.74) is 0. The fourth-order valence-electron chi connectivity index (χ4n) is 9.92. The second-order valence-electron chi connectivity index (χ2n) is 25.4. The number of hydrogen-bond acceptors (Lipinski definition) is 19. The summed E-state index contributed by atoms with van der Waals surface area (Å²) in [5.74, 6) is -0.519. The summed E-state index contributed by atoms with van der Waals surface area (Å²) in [6.07, 6.45) is 14.4. The van der Waals surface area contributed by atoms with E-state index in [1.807, 2.05) is 0 Å². The highest BCUT2D eigenvalue weighted by Gasteiger charge is 2.33. The van der Waals surface area contributed by atoms with Crippen LogP contribution in [0.5, 0.6) is 0 Å². The summed E-state index contributed by atoms with van der Waals surface area (Å²) < 4.78 is 52.4. The third-order valence-corrected chi connectivity index (χ3v) is 29.3. The number of esters is 2. The van der Waals surface area contributed by atoms with Crippen molar-refractivity contribution in [2.75, 3.05) is 145 Å². The van der Waals surface area contributed by atoms with E-state index in [-0.39, 0.29) is 51.5 Å². The Bertz CT molecular complexity index is 1410. The average Bonchev–Trinajstić information content (AvgIpc) is 3.52. The van der Waals surface area contributed by atoms with Crippen LogP contribution in [0.2, 0.25) is 76.6 Å². The average molecular weight is 1260 g/mol. The van der Waals surface area contributed by atoms with E-state index in [1.165, 1.54) is 0 Å². The van der Waals surface area contributed by atoms with E-state index in [2.05, 4.69) is 86.7 Å². The normalized spacial score (nSPS) is 14.2. The maximum Gasteiger partial charge on any atom is 0.320 e. The molecule has 6 N–H and O–H groups in total. The van der Waals surface area contributed by atoms with Gasteiger partial charge in [-0.05, 0) is 207 Å². The minimum absolute atomic E-state index is 0.165. The van der Waals surface area contributed by atoms with Crippen LogP contribution in [0.3, 0.4) is 0 Å². The van der Waals surface area contributed by atoms with Gasteiger partial charge >= 0.3 is 11.9 Å². The molecule has 0 rings (SSSR count). The van der Waals surface area contributed by atoms with Gasteiger partial charge in [-0.2, -0.15) is 0 Å². The number of aliphatic hydroxyl groups is 4. The fourth-order valence-corrected chi connectivity index (χ4v) is 27.5. The molecular formula is C60H130N4O15Si4. The van der Waals surface area contributed by atoms with Crippen molar-refractivity contribution in [3.05, 3.63) is 0 Å². The number of unbranched alkanes of at least 4 members (excludes halogenated alkanes) is 8. The van der Waals surface area contributed by atoms with Gasteiger partial charge in [0, 0.05) is 26.4 Å². The maximum absolute atomic E-state index is 12.5. The lowest BCUT2D eigenvalue weighted by atomic mass is 10.1. The Balaban J connectivity index is 3.80. The zero-order valence-electron chi connectivity index (χ0n) is 55.2. The monoisotopic (exact) mass is 1260 g/mol. The molecule has 19 nitrogen and oxygen atoms in total. The lowest BCUT2D eigenvalue weighted by Crippen LogP contribution is -2.44. The van der Waals surface area contributed by atoms with E-state index in [1.54, 1.807) is 13.8 Å². The van der Waals surface area contributed by atoms with E-state index in [4.69, 9.17) is 41.4 Å². The maximum atomic E-state index is 12.5. The Morgan fingerprint density at radius 3 is 1.04 bits per heavy atom. The van der Waals surface area contributed by atoms with Crippen LogP contribution in [0.15, 0.2) is 0 Å². The summed E-state index contributed by atoms with van der Waals surface area (Å²) in [6.45, 7) is 38.0. The molecule has 83 heavy (non-hydrogen) atoms. The van der Waals surface area contributed by atoms with Gasteiger partial charge in [0.1, 0.15) is 13.2 Å². The molecule has 4 atom stereocenters. The molecule has 0 aromatic carbocycles. The van der Waals surface area contributed by atoms with Gasteiger partial charge < -0.3 is 72.4 Å². The zero-order chi connectivity index (χ0) is 62.1. The second-order valence-corrected chi connectivity index (χ2v) is 43.1. The molecule has 23 heteroatoms. The molecule has 0 fully saturated rings. The first-order chi connectivity index (χ1) is 39.4. The highest BCUT2D eigenvalue weighted by molar-refractivity contribution is 6.85. The van der Waals surface area contributed by atoms with Crippen LogP contribution in [-0.2, 0) is 51.0 Å². The Hall–Kier alpha value is -0.792. The predicted molar refractivity (Wildman–Crippen MR) is 347 cm³/mol. The number of carbonyl (C=O) groups excluding carboxylic acids is 2. The summed E-state index contributed by atoms with van der Waals surface area (Å²) in [7, 11) is -7.15. The van der Waals surface area contributed by atoms with Gasteiger partial charge in [-0.1, -0.05) is 52.4 Å². The molecule has 0 bridgehead atoms. The molecule has 0 aromatic rings. The number of likely N-dealkylation sites (N-methyl/N-ethyl adjacent to an activating group) is 2. The summed E-state index contributed by atoms with van der Waals surface area (Å²) >= 11 is 0. The number of nitrogens with zero attached hydrogens (tertiary/aromatic N) is 2. The van der Waals surface area contributed by atoms with Crippen molar-refractivity contribution in [3.63, 3.8) is 0 Å². The van der Waals surface area contributed by atoms with Gasteiger partial charge in [0.15, 0.2) is 33.3 Å². The predicted octanol–water partition coefficient (Wildman–Crippen LogP) is 8.56. The summed E-state index contributed by atoms with van der Waals surface area (Å²) in [5, 5.41) is 46.4. The second kappa shape index (κ2) is 52.0. The van der Waals surface area contributed by atoms with E-state index in [0.717, 1.165) is 166 Å². The number of nitrogens with one attached hydrogen (secondary N) is 2. The largest absolute Gasteiger partial charge is 0.462 e. The molecule has 0 saturated heterocycles. The standard InChI is InChI=1S/C60H130N4O15Si4/c1-13-63(35-23-19-15-17-21-31-61-33-29-57(67)53-74-39-27-47-82(9,10)78-80(5,6)45-25-37-72-51-55(3)65)49-59(69)76-43-41-71-42-44-77-60(70)50-64(14-2)36-24-20-16-18-22-32-62-34-30-58(68)54-75-40-28-48-83(11,12)79-81(7,8)46-26-38-73-52-56(4)66/h55-58,61-62,65-68H,13-54H2,1-12H3. The van der Waals surface area contributed by atoms with E-state index < -0.39 is 57.7 Å². The van der Waals surface area contributed by atoms with E-state index in [0.29, 0.717) is 65.7 Å². The topological polar surface area (TPSA) is 229 Å². The van der Waals surface area contributed by atoms with Crippen molar-refractivity contribution >= 4 is 45.2 Å². The van der Waals surface area contributed by atoms with Gasteiger partial charge in [0.05, 0.1) is 77.1 Å². The van der Waals surface area contributed by atoms with Crippen LogP contribution >= 0.6 is 0 Å². The fraction of sp³-hybridized carbons (Fsp3) is 0.967. The van der Waals surface area contributed by atoms with Crippen molar-refractivity contribution < 1.29 is 71.4 Å². The van der Waals surface area contributed by atoms with E-state index >= 15 is 0 Å². The van der Waals surface area contributed by atoms with Crippen molar-refractivity contribution in [1.29, 1.82) is 0 Å². The first-order valence-corrected chi connectivity index (χ1v) is 45.0. The molecule has 0 aliphatic heterocycles. The minimum Gasteiger partial charge on any atom is -0.462 e. The van der Waals surface area contributed by atoms with Crippen LogP contribution in [0.1, 0.15) is 130 Å². The Morgan fingerprint density at radius 2 is 0.711 bits per heavy atom. The number of hydrogen-bond donors (Lipinski definition) is 6. The lowest BCUT2D eigenvalue weighted by Gasteiger charge is -2.34. The van der Waals surface area contributed by atoms with Crippen LogP contribution in [0, 0.1) is 0 Å². The zero-order valence-corrected chi connectivity index (χ0v) is 59.2. The molecule has 0 aliphatic rings. The van der Waals surface area contributed by atoms with Crippen molar-refractivity contribution in [2.24, 2.45) is 0 Å². The van der Waals surface area contributed by atoms with E-state index in [9.17, 15) is 30.0 Å². The quantitative estimate of drug-likeness (QED) is 0.0190. The van der Waals surface area contributed by atoms with Crippen LogP contribution in [0.4, 0.5) is 0 Å². The summed E-state index contributed by atoms with van der Waals surface area (Å²) in [4.78, 5) is 29.2. The molecule has 0 saturated carbocycles. The van der Waals surface area contributed by atoms with Crippen LogP contribution in [0.25, 0.3) is 0 Å². The Labute approximate surface area is 510 Å². The van der Waals surface area contributed by atoms with Gasteiger partial charge in [0.25, 0.3) is 0 Å². The first-order valence-electron chi connectivity index (χ1n) is 32.6. The van der Waals surface area contributed by atoms with Crippen LogP contribution in [-0.4, -0.2) is 245 Å². The number of rotatable bonds is 62. The minimum atomic E-state index is -1.80. The smallest absolute Gasteiger partial charge is 0.320 e. The molecule has 0 radical (unpaired) electrons. The first kappa shape index (κ1) is 82.2. The lowest BCUT2D eigenvalue weighted by molar-refractivity contribution is -0.148. The Morgan fingerprint density at radius 1 is 0.398 bits per heavy atom. The van der Waals surface area contributed by atoms with Crippen molar-refractivity contribution in [2.45, 2.75) is 231 Å². The molecule has 0 amide bonds. The van der Waals surface area contributed by atoms with Gasteiger partial charge in [-0.25, -0.2) is 0 Å². The number of ether oxygens (including phenoxy) is 7. The van der Waals surface area contributed by atoms with Gasteiger partial charge in [-0.3, -0.25) is 19.4 Å². The molecule has 0 aromatic heterocycles. The van der Waals surface area contributed by atoms with Crippen LogP contribution < -0.4 is 10.6 Å². The summed E-state index contributed by atoms with van der Waals surface area (Å²) in [6, 6.07) is 4.18. The third-order valence-electron chi connectivity index (χ3n) is 14.3. The molecule has 496 valence electrons. The molecule has 4 unspecified atom stereocenters. The van der Waals surface area contributed by atoms with Crippen molar-refractivity contribution in [3.8, 4) is 0 Å². The highest BCUT2D eigenvalue weighted by Crippen LogP contribution is 2.25.